The normalized spacial score (nSPS) is 15.1. The minimum Gasteiger partial charge on any atom is -0.480 e. The van der Waals surface area contributed by atoms with Gasteiger partial charge in [-0.2, -0.15) is 0 Å². The number of nitrogens with one attached hydrogen (secondary N) is 2. The molecule has 17 heavy (non-hydrogen) atoms. The summed E-state index contributed by atoms with van der Waals surface area (Å²) in [5, 5.41) is 13.8. The second-order valence-corrected chi connectivity index (χ2v) is 4.23. The summed E-state index contributed by atoms with van der Waals surface area (Å²) in [6.45, 7) is 2.81. The van der Waals surface area contributed by atoms with Gasteiger partial charge < -0.3 is 21.5 Å². The largest absolute Gasteiger partial charge is 0.480 e. The molecule has 1 aliphatic carbocycles. The minimum absolute atomic E-state index is 0.225. The summed E-state index contributed by atoms with van der Waals surface area (Å²) in [5.41, 5.74) is 7.92. The molecule has 0 aromatic heterocycles. The van der Waals surface area contributed by atoms with Gasteiger partial charge in [-0.25, -0.2) is 4.79 Å². The van der Waals surface area contributed by atoms with Crippen molar-refractivity contribution in [2.45, 2.75) is 32.2 Å². The van der Waals surface area contributed by atoms with Crippen molar-refractivity contribution in [3.63, 3.8) is 0 Å². The minimum atomic E-state index is -1.05. The first-order valence-electron chi connectivity index (χ1n) is 5.68. The van der Waals surface area contributed by atoms with E-state index in [2.05, 4.69) is 10.6 Å². The molecule has 1 unspecified atom stereocenters. The number of allylic oxidation sites excluding steroid dienone is 1. The number of carboxylic acid groups (broad SMARTS) is 1. The van der Waals surface area contributed by atoms with Gasteiger partial charge in [0.1, 0.15) is 6.04 Å². The van der Waals surface area contributed by atoms with Crippen LogP contribution < -0.4 is 16.4 Å². The summed E-state index contributed by atoms with van der Waals surface area (Å²) < 4.78 is 0. The number of urea groups is 1. The zero-order valence-corrected chi connectivity index (χ0v) is 9.95. The lowest BCUT2D eigenvalue weighted by atomic mass is 10.2. The second-order valence-electron chi connectivity index (χ2n) is 4.23. The lowest BCUT2D eigenvalue weighted by Crippen LogP contribution is -2.40. The topological polar surface area (TPSA) is 104 Å². The Kier molecular flexibility index (Phi) is 4.96. The van der Waals surface area contributed by atoms with E-state index in [1.54, 1.807) is 0 Å². The van der Waals surface area contributed by atoms with Crippen LogP contribution >= 0.6 is 0 Å². The van der Waals surface area contributed by atoms with Gasteiger partial charge in [0.15, 0.2) is 0 Å². The van der Waals surface area contributed by atoms with Crippen LogP contribution in [0.25, 0.3) is 0 Å². The Morgan fingerprint density at radius 1 is 1.41 bits per heavy atom. The Hall–Kier alpha value is -1.56. The first-order valence-corrected chi connectivity index (χ1v) is 5.68. The highest BCUT2D eigenvalue weighted by Gasteiger charge is 2.15. The third-order valence-electron chi connectivity index (χ3n) is 2.68. The number of carbonyl (C=O) groups excluding carboxylic acids is 1. The van der Waals surface area contributed by atoms with Crippen molar-refractivity contribution in [1.82, 2.24) is 10.6 Å². The molecule has 6 nitrogen and oxygen atoms in total. The number of carbonyl (C=O) groups is 2. The van der Waals surface area contributed by atoms with E-state index in [9.17, 15) is 9.59 Å². The monoisotopic (exact) mass is 241 g/mol. The molecule has 1 aliphatic rings. The van der Waals surface area contributed by atoms with Gasteiger partial charge in [-0.05, 0) is 26.2 Å². The van der Waals surface area contributed by atoms with Gasteiger partial charge in [-0.15, -0.1) is 0 Å². The predicted octanol–water partition coefficient (Wildman–Crippen LogP) is 0.198. The van der Waals surface area contributed by atoms with E-state index in [1.807, 2.05) is 6.92 Å². The van der Waals surface area contributed by atoms with Crippen LogP contribution in [0.4, 0.5) is 4.79 Å². The molecule has 5 N–H and O–H groups in total. The van der Waals surface area contributed by atoms with Gasteiger partial charge in [0.2, 0.25) is 0 Å². The maximum Gasteiger partial charge on any atom is 0.320 e. The van der Waals surface area contributed by atoms with Crippen molar-refractivity contribution in [2.24, 2.45) is 5.73 Å². The van der Waals surface area contributed by atoms with Crippen LogP contribution in [0.5, 0.6) is 0 Å². The van der Waals surface area contributed by atoms with Crippen LogP contribution in [-0.2, 0) is 4.79 Å². The maximum atomic E-state index is 11.3. The van der Waals surface area contributed by atoms with Crippen LogP contribution in [-0.4, -0.2) is 36.2 Å². The van der Waals surface area contributed by atoms with Gasteiger partial charge in [0, 0.05) is 13.1 Å². The predicted molar refractivity (Wildman–Crippen MR) is 63.6 cm³/mol. The van der Waals surface area contributed by atoms with Crippen molar-refractivity contribution in [1.29, 1.82) is 0 Å². The van der Waals surface area contributed by atoms with E-state index in [0.29, 0.717) is 6.54 Å². The highest BCUT2D eigenvalue weighted by atomic mass is 16.4. The maximum absolute atomic E-state index is 11.3. The molecule has 96 valence electrons. The molecule has 0 radical (unpaired) electrons. The number of nitrogens with two attached hydrogens (primary N) is 1. The highest BCUT2D eigenvalue weighted by Crippen LogP contribution is 2.30. The van der Waals surface area contributed by atoms with Gasteiger partial charge >= 0.3 is 12.0 Å². The number of rotatable bonds is 6. The van der Waals surface area contributed by atoms with E-state index in [1.165, 1.54) is 11.1 Å². The third kappa shape index (κ3) is 5.35. The molecule has 1 saturated carbocycles. The quantitative estimate of drug-likeness (QED) is 0.498. The van der Waals surface area contributed by atoms with Crippen molar-refractivity contribution < 1.29 is 14.7 Å². The molecule has 0 saturated heterocycles. The highest BCUT2D eigenvalue weighted by molar-refractivity contribution is 5.75. The summed E-state index contributed by atoms with van der Waals surface area (Å²) in [6, 6.07) is -1.21. The lowest BCUT2D eigenvalue weighted by Gasteiger charge is -2.09. The van der Waals surface area contributed by atoms with Crippen LogP contribution in [0.3, 0.4) is 0 Å². The Morgan fingerprint density at radius 2 is 2.06 bits per heavy atom. The Bertz CT molecular complexity index is 333. The first-order chi connectivity index (χ1) is 8.00. The summed E-state index contributed by atoms with van der Waals surface area (Å²) in [5.74, 6) is -1.05. The molecule has 2 amide bonds. The van der Waals surface area contributed by atoms with Crippen LogP contribution in [0.2, 0.25) is 0 Å². The zero-order valence-electron chi connectivity index (χ0n) is 9.95. The average molecular weight is 241 g/mol. The molecular weight excluding hydrogens is 222 g/mol. The second kappa shape index (κ2) is 6.24. The summed E-state index contributed by atoms with van der Waals surface area (Å²) in [7, 11) is 0. The molecule has 0 heterocycles. The van der Waals surface area contributed by atoms with Crippen molar-refractivity contribution in [2.75, 3.05) is 13.1 Å². The first kappa shape index (κ1) is 13.5. The van der Waals surface area contributed by atoms with Crippen LogP contribution in [0.1, 0.15) is 26.2 Å². The molecule has 0 aliphatic heterocycles. The van der Waals surface area contributed by atoms with E-state index in [4.69, 9.17) is 10.8 Å². The summed E-state index contributed by atoms with van der Waals surface area (Å²) in [6.07, 6.45) is 2.51. The van der Waals surface area contributed by atoms with Crippen LogP contribution in [0, 0.1) is 0 Å². The fourth-order valence-corrected chi connectivity index (χ4v) is 1.35. The SMILES string of the molecule is CC(CNC(=O)NCCC(N)C(=O)O)=C1CC1. The standard InChI is InChI=1S/C11H19N3O3/c1-7(8-2-3-8)6-14-11(17)13-5-4-9(12)10(15)16/h9H,2-6,12H2,1H3,(H,15,16)(H2,13,14,17). The fourth-order valence-electron chi connectivity index (χ4n) is 1.35. The molecule has 1 atom stereocenters. The third-order valence-corrected chi connectivity index (χ3v) is 2.68. The number of hydrogen-bond acceptors (Lipinski definition) is 3. The van der Waals surface area contributed by atoms with Gasteiger partial charge in [-0.1, -0.05) is 11.1 Å². The Labute approximate surface area is 100 Å². The van der Waals surface area contributed by atoms with Crippen molar-refractivity contribution in [3.05, 3.63) is 11.1 Å². The fraction of sp³-hybridized carbons (Fsp3) is 0.636. The van der Waals surface area contributed by atoms with Gasteiger partial charge in [-0.3, -0.25) is 4.79 Å². The van der Waals surface area contributed by atoms with Gasteiger partial charge in [0.25, 0.3) is 0 Å². The average Bonchev–Trinajstić information content (AvgIpc) is 3.09. The Balaban J connectivity index is 2.09. The van der Waals surface area contributed by atoms with E-state index in [0.717, 1.165) is 12.8 Å². The molecule has 0 aromatic carbocycles. The molecule has 0 aromatic rings. The molecule has 1 fully saturated rings. The van der Waals surface area contributed by atoms with E-state index in [-0.39, 0.29) is 19.0 Å². The Morgan fingerprint density at radius 3 is 2.59 bits per heavy atom. The lowest BCUT2D eigenvalue weighted by molar-refractivity contribution is -0.138. The van der Waals surface area contributed by atoms with Gasteiger partial charge in [0.05, 0.1) is 0 Å². The van der Waals surface area contributed by atoms with Crippen molar-refractivity contribution >= 4 is 12.0 Å². The summed E-state index contributed by atoms with van der Waals surface area (Å²) in [4.78, 5) is 21.7. The number of amides is 2. The molecular formula is C11H19N3O3. The molecule has 0 spiro atoms. The molecule has 0 bridgehead atoms. The van der Waals surface area contributed by atoms with E-state index >= 15 is 0 Å². The smallest absolute Gasteiger partial charge is 0.320 e. The van der Waals surface area contributed by atoms with Crippen LogP contribution in [0.15, 0.2) is 11.1 Å². The molecule has 1 rings (SSSR count). The zero-order chi connectivity index (χ0) is 12.8. The number of carboxylic acids is 1. The molecule has 6 heteroatoms. The summed E-state index contributed by atoms with van der Waals surface area (Å²) >= 11 is 0. The number of hydrogen-bond donors (Lipinski definition) is 4. The van der Waals surface area contributed by atoms with E-state index < -0.39 is 12.0 Å². The van der Waals surface area contributed by atoms with Crippen molar-refractivity contribution in [3.8, 4) is 0 Å². The number of aliphatic carboxylic acids is 1.